The van der Waals surface area contributed by atoms with Crippen molar-refractivity contribution in [2.75, 3.05) is 0 Å². The smallest absolute Gasteiger partial charge is 0.286 e. The number of pyridine rings is 1. The lowest BCUT2D eigenvalue weighted by Crippen LogP contribution is -2.18. The zero-order valence-corrected chi connectivity index (χ0v) is 13.5. The molecule has 2 aromatic rings. The second-order valence-corrected chi connectivity index (χ2v) is 6.37. The maximum atomic E-state index is 12.1. The van der Waals surface area contributed by atoms with Gasteiger partial charge in [0.2, 0.25) is 0 Å². The van der Waals surface area contributed by atoms with Gasteiger partial charge >= 0.3 is 0 Å². The number of hydrogen-bond donors (Lipinski definition) is 1. The van der Waals surface area contributed by atoms with Crippen LogP contribution in [0.2, 0.25) is 0 Å². The summed E-state index contributed by atoms with van der Waals surface area (Å²) in [7, 11) is 0. The minimum atomic E-state index is -0.127. The Kier molecular flexibility index (Phi) is 3.87. The molecule has 0 bridgehead atoms. The first-order valence-corrected chi connectivity index (χ1v) is 7.95. The van der Waals surface area contributed by atoms with Crippen LogP contribution in [0.5, 0.6) is 0 Å². The van der Waals surface area contributed by atoms with Crippen LogP contribution in [-0.4, -0.2) is 15.0 Å². The van der Waals surface area contributed by atoms with Gasteiger partial charge in [0.15, 0.2) is 0 Å². The van der Waals surface area contributed by atoms with Crippen molar-refractivity contribution < 1.29 is 0 Å². The molecule has 0 atom stereocenters. The number of halogens is 1. The van der Waals surface area contributed by atoms with Gasteiger partial charge in [-0.2, -0.15) is 4.98 Å². The van der Waals surface area contributed by atoms with E-state index in [1.807, 2.05) is 13.0 Å². The molecule has 0 amide bonds. The first kappa shape index (κ1) is 13.7. The van der Waals surface area contributed by atoms with E-state index < -0.39 is 0 Å². The van der Waals surface area contributed by atoms with Crippen molar-refractivity contribution >= 4 is 22.6 Å². The second kappa shape index (κ2) is 5.63. The Labute approximate surface area is 131 Å². The molecule has 104 valence electrons. The van der Waals surface area contributed by atoms with Crippen LogP contribution in [0.25, 0.3) is 11.4 Å². The van der Waals surface area contributed by atoms with Gasteiger partial charge in [-0.15, -0.1) is 0 Å². The van der Waals surface area contributed by atoms with E-state index >= 15 is 0 Å². The van der Waals surface area contributed by atoms with Crippen molar-refractivity contribution in [3.63, 3.8) is 0 Å². The molecule has 0 radical (unpaired) electrons. The molecule has 1 N–H and O–H groups in total. The van der Waals surface area contributed by atoms with Crippen LogP contribution in [-0.2, 0) is 0 Å². The van der Waals surface area contributed by atoms with E-state index in [1.54, 1.807) is 12.4 Å². The van der Waals surface area contributed by atoms with E-state index in [9.17, 15) is 4.79 Å². The van der Waals surface area contributed by atoms with Crippen molar-refractivity contribution in [1.82, 2.24) is 15.0 Å². The van der Waals surface area contributed by atoms with Gasteiger partial charge in [-0.25, -0.2) is 0 Å². The lowest BCUT2D eigenvalue weighted by molar-refractivity contribution is 0.687. The van der Waals surface area contributed by atoms with E-state index in [0.29, 0.717) is 11.7 Å². The topological polar surface area (TPSA) is 58.6 Å². The molecule has 0 saturated heterocycles. The van der Waals surface area contributed by atoms with Crippen LogP contribution >= 0.6 is 22.6 Å². The third-order valence-electron chi connectivity index (χ3n) is 3.93. The van der Waals surface area contributed by atoms with Crippen molar-refractivity contribution in [2.45, 2.75) is 38.5 Å². The Morgan fingerprint density at radius 1 is 1.35 bits per heavy atom. The number of hydrogen-bond acceptors (Lipinski definition) is 3. The predicted octanol–water partition coefficient (Wildman–Crippen LogP) is 3.40. The van der Waals surface area contributed by atoms with Gasteiger partial charge in [0, 0.05) is 29.6 Å². The molecule has 0 spiro atoms. The molecule has 20 heavy (non-hydrogen) atoms. The summed E-state index contributed by atoms with van der Waals surface area (Å²) in [5.74, 6) is 1.13. The minimum absolute atomic E-state index is 0.127. The van der Waals surface area contributed by atoms with Crippen LogP contribution in [0.3, 0.4) is 0 Å². The number of nitrogens with zero attached hydrogens (tertiary/aromatic N) is 2. The molecule has 4 nitrogen and oxygen atoms in total. The van der Waals surface area contributed by atoms with Crippen molar-refractivity contribution in [3.05, 3.63) is 43.6 Å². The average Bonchev–Trinajstić information content (AvgIpc) is 2.96. The second-order valence-electron chi connectivity index (χ2n) is 5.29. The summed E-state index contributed by atoms with van der Waals surface area (Å²) in [4.78, 5) is 23.8. The highest BCUT2D eigenvalue weighted by molar-refractivity contribution is 14.1. The van der Waals surface area contributed by atoms with Gasteiger partial charge in [-0.05, 0) is 54.0 Å². The van der Waals surface area contributed by atoms with Gasteiger partial charge in [-0.1, -0.05) is 12.8 Å². The van der Waals surface area contributed by atoms with Crippen molar-refractivity contribution in [3.8, 4) is 11.4 Å². The molecule has 0 aromatic carbocycles. The summed E-state index contributed by atoms with van der Waals surface area (Å²) in [6.45, 7) is 1.98. The number of H-pyrrole nitrogens is 1. The summed E-state index contributed by atoms with van der Waals surface area (Å²) < 4.78 is 0.741. The Morgan fingerprint density at radius 3 is 2.80 bits per heavy atom. The maximum absolute atomic E-state index is 12.1. The Balaban J connectivity index is 2.14. The Morgan fingerprint density at radius 2 is 2.10 bits per heavy atom. The highest BCUT2D eigenvalue weighted by atomic mass is 127. The van der Waals surface area contributed by atoms with Gasteiger partial charge in [0.1, 0.15) is 5.82 Å². The van der Waals surface area contributed by atoms with Crippen molar-refractivity contribution in [2.24, 2.45) is 0 Å². The molecule has 0 aliphatic heterocycles. The fourth-order valence-corrected chi connectivity index (χ4v) is 3.53. The molecule has 1 aliphatic carbocycles. The normalized spacial score (nSPS) is 15.7. The number of rotatable bonds is 2. The van der Waals surface area contributed by atoms with Crippen LogP contribution in [0.15, 0.2) is 23.3 Å². The summed E-state index contributed by atoms with van der Waals surface area (Å²) in [5, 5.41) is 0. The summed E-state index contributed by atoms with van der Waals surface area (Å²) in [5.41, 5.74) is 2.91. The Hall–Kier alpha value is -1.24. The van der Waals surface area contributed by atoms with Crippen LogP contribution in [0, 0.1) is 10.5 Å². The summed E-state index contributed by atoms with van der Waals surface area (Å²) >= 11 is 2.12. The highest BCUT2D eigenvalue weighted by Gasteiger charge is 2.22. The molecular weight excluding hydrogens is 365 g/mol. The number of nitrogens with one attached hydrogen (secondary N) is 1. The van der Waals surface area contributed by atoms with Crippen molar-refractivity contribution in [1.29, 1.82) is 0 Å². The highest BCUT2D eigenvalue weighted by Crippen LogP contribution is 2.35. The van der Waals surface area contributed by atoms with Gasteiger partial charge in [-0.3, -0.25) is 9.78 Å². The fourth-order valence-electron chi connectivity index (χ4n) is 2.84. The molecule has 2 heterocycles. The molecule has 2 aromatic heterocycles. The van der Waals surface area contributed by atoms with E-state index in [1.165, 1.54) is 12.8 Å². The van der Waals surface area contributed by atoms with E-state index in [4.69, 9.17) is 0 Å². The van der Waals surface area contributed by atoms with Gasteiger partial charge in [0.05, 0.1) is 3.57 Å². The largest absolute Gasteiger partial charge is 0.342 e. The Bertz CT molecular complexity index is 690. The van der Waals surface area contributed by atoms with Crippen LogP contribution in [0.4, 0.5) is 0 Å². The molecule has 1 fully saturated rings. The number of aromatic amines is 1. The standard InChI is InChI=1S/C15H16IN3O/c1-9-8-17-7-6-11(9)14-18-13(10-4-2-3-5-10)12(16)15(20)19-14/h6-8,10H,2-5H2,1H3,(H,18,19,20). The summed E-state index contributed by atoms with van der Waals surface area (Å²) in [6, 6.07) is 1.90. The third-order valence-corrected chi connectivity index (χ3v) is 4.97. The molecular formula is C15H16IN3O. The summed E-state index contributed by atoms with van der Waals surface area (Å²) in [6.07, 6.45) is 8.33. The number of aryl methyl sites for hydroxylation is 1. The third kappa shape index (κ3) is 2.51. The first-order valence-electron chi connectivity index (χ1n) is 6.87. The maximum Gasteiger partial charge on any atom is 0.286 e. The van der Waals surface area contributed by atoms with Gasteiger partial charge < -0.3 is 4.98 Å². The zero-order valence-electron chi connectivity index (χ0n) is 11.3. The average molecular weight is 381 g/mol. The van der Waals surface area contributed by atoms with Crippen LogP contribution < -0.4 is 5.56 Å². The van der Waals surface area contributed by atoms with E-state index in [2.05, 4.69) is 37.5 Å². The zero-order chi connectivity index (χ0) is 14.1. The monoisotopic (exact) mass is 381 g/mol. The lowest BCUT2D eigenvalue weighted by atomic mass is 10.0. The molecule has 5 heteroatoms. The first-order chi connectivity index (χ1) is 9.66. The van der Waals surface area contributed by atoms with Gasteiger partial charge in [0.25, 0.3) is 5.56 Å². The lowest BCUT2D eigenvalue weighted by Gasteiger charge is -2.14. The predicted molar refractivity (Wildman–Crippen MR) is 86.8 cm³/mol. The molecule has 0 unspecified atom stereocenters. The fraction of sp³-hybridized carbons (Fsp3) is 0.400. The molecule has 3 rings (SSSR count). The van der Waals surface area contributed by atoms with E-state index in [0.717, 1.165) is 33.2 Å². The molecule has 1 aliphatic rings. The SMILES string of the molecule is Cc1cnccc1-c1nc(=O)c(I)c(C2CCCC2)[nH]1. The van der Waals surface area contributed by atoms with Crippen LogP contribution in [0.1, 0.15) is 42.9 Å². The number of aromatic nitrogens is 3. The quantitative estimate of drug-likeness (QED) is 0.812. The van der Waals surface area contributed by atoms with E-state index in [-0.39, 0.29) is 5.56 Å². The minimum Gasteiger partial charge on any atom is -0.342 e. The molecule has 1 saturated carbocycles.